The van der Waals surface area contributed by atoms with Crippen LogP contribution >= 0.6 is 11.3 Å². The van der Waals surface area contributed by atoms with Gasteiger partial charge in [-0.05, 0) is 31.9 Å². The molecule has 3 rings (SSSR count). The summed E-state index contributed by atoms with van der Waals surface area (Å²) < 4.78 is 5.43. The largest absolute Gasteiger partial charge is 0.461 e. The quantitative estimate of drug-likeness (QED) is 0.800. The SMILES string of the molecule is Cc1ncsc1C(=O)OCC1CCCN(C(=O)c2ccccc2)C1. The van der Waals surface area contributed by atoms with Crippen molar-refractivity contribution in [3.05, 3.63) is 52.0 Å². The predicted octanol–water partition coefficient (Wildman–Crippen LogP) is 3.16. The van der Waals surface area contributed by atoms with Gasteiger partial charge in [-0.25, -0.2) is 9.78 Å². The first-order chi connectivity index (χ1) is 11.6. The number of aryl methyl sites for hydroxylation is 1. The zero-order chi connectivity index (χ0) is 16.9. The number of rotatable bonds is 4. The molecule has 0 aliphatic carbocycles. The van der Waals surface area contributed by atoms with Gasteiger partial charge >= 0.3 is 5.97 Å². The highest BCUT2D eigenvalue weighted by Crippen LogP contribution is 2.20. The van der Waals surface area contributed by atoms with Crippen LogP contribution in [0.4, 0.5) is 0 Å². The standard InChI is InChI=1S/C18H20N2O3S/c1-13-16(24-12-19-13)18(22)23-11-14-6-5-9-20(10-14)17(21)15-7-3-2-4-8-15/h2-4,7-8,12,14H,5-6,9-11H2,1H3. The van der Waals surface area contributed by atoms with Crippen molar-refractivity contribution in [2.24, 2.45) is 5.92 Å². The summed E-state index contributed by atoms with van der Waals surface area (Å²) in [6, 6.07) is 9.30. The first-order valence-electron chi connectivity index (χ1n) is 8.06. The van der Waals surface area contributed by atoms with E-state index in [2.05, 4.69) is 4.98 Å². The van der Waals surface area contributed by atoms with Gasteiger partial charge in [0.1, 0.15) is 4.88 Å². The summed E-state index contributed by atoms with van der Waals surface area (Å²) in [6.45, 7) is 3.53. The minimum atomic E-state index is -0.318. The summed E-state index contributed by atoms with van der Waals surface area (Å²) in [7, 11) is 0. The van der Waals surface area contributed by atoms with Crippen molar-refractivity contribution in [1.82, 2.24) is 9.88 Å². The summed E-state index contributed by atoms with van der Waals surface area (Å²) >= 11 is 1.30. The van der Waals surface area contributed by atoms with E-state index in [0.717, 1.165) is 19.4 Å². The van der Waals surface area contributed by atoms with E-state index >= 15 is 0 Å². The van der Waals surface area contributed by atoms with Gasteiger partial charge in [0.15, 0.2) is 0 Å². The van der Waals surface area contributed by atoms with Gasteiger partial charge in [0.2, 0.25) is 0 Å². The number of ether oxygens (including phenoxy) is 1. The van der Waals surface area contributed by atoms with Gasteiger partial charge in [0.05, 0.1) is 17.8 Å². The van der Waals surface area contributed by atoms with Crippen molar-refractivity contribution in [3.63, 3.8) is 0 Å². The molecule has 6 heteroatoms. The molecule has 1 aliphatic rings. The van der Waals surface area contributed by atoms with E-state index in [4.69, 9.17) is 4.74 Å². The fourth-order valence-corrected chi connectivity index (χ4v) is 3.60. The normalized spacial score (nSPS) is 17.5. The molecule has 0 spiro atoms. The summed E-state index contributed by atoms with van der Waals surface area (Å²) in [5, 5.41) is 0. The van der Waals surface area contributed by atoms with Crippen LogP contribution in [0.25, 0.3) is 0 Å². The summed E-state index contributed by atoms with van der Waals surface area (Å²) in [5.41, 5.74) is 3.05. The Balaban J connectivity index is 1.55. The number of aromatic nitrogens is 1. The van der Waals surface area contributed by atoms with E-state index in [0.29, 0.717) is 29.3 Å². The molecule has 0 radical (unpaired) electrons. The number of esters is 1. The van der Waals surface area contributed by atoms with Gasteiger partial charge < -0.3 is 9.64 Å². The van der Waals surface area contributed by atoms with Crippen LogP contribution in [-0.2, 0) is 4.74 Å². The summed E-state index contributed by atoms with van der Waals surface area (Å²) in [6.07, 6.45) is 1.90. The van der Waals surface area contributed by atoms with Gasteiger partial charge in [0.25, 0.3) is 5.91 Å². The molecular weight excluding hydrogens is 324 g/mol. The van der Waals surface area contributed by atoms with E-state index in [1.807, 2.05) is 35.2 Å². The van der Waals surface area contributed by atoms with Crippen LogP contribution in [0.15, 0.2) is 35.8 Å². The molecule has 1 amide bonds. The number of amides is 1. The maximum absolute atomic E-state index is 12.5. The van der Waals surface area contributed by atoms with Crippen LogP contribution in [0.1, 0.15) is 38.6 Å². The lowest BCUT2D eigenvalue weighted by atomic mass is 9.98. The van der Waals surface area contributed by atoms with E-state index < -0.39 is 0 Å². The van der Waals surface area contributed by atoms with Crippen molar-refractivity contribution in [2.45, 2.75) is 19.8 Å². The van der Waals surface area contributed by atoms with Crippen molar-refractivity contribution in [1.29, 1.82) is 0 Å². The lowest BCUT2D eigenvalue weighted by Gasteiger charge is -2.32. The number of piperidine rings is 1. The van der Waals surface area contributed by atoms with Gasteiger partial charge in [0, 0.05) is 24.6 Å². The molecule has 1 saturated heterocycles. The molecule has 0 N–H and O–H groups in total. The number of carbonyl (C=O) groups excluding carboxylic acids is 2. The van der Waals surface area contributed by atoms with Crippen LogP contribution in [0.3, 0.4) is 0 Å². The number of likely N-dealkylation sites (tertiary alicyclic amines) is 1. The number of benzene rings is 1. The molecule has 2 aromatic rings. The monoisotopic (exact) mass is 344 g/mol. The number of nitrogens with zero attached hydrogens (tertiary/aromatic N) is 2. The minimum absolute atomic E-state index is 0.0462. The Labute approximate surface area is 145 Å². The summed E-state index contributed by atoms with van der Waals surface area (Å²) in [4.78, 5) is 31.1. The van der Waals surface area contributed by atoms with Crippen molar-refractivity contribution in [3.8, 4) is 0 Å². The molecule has 1 aromatic carbocycles. The highest BCUT2D eigenvalue weighted by atomic mass is 32.1. The molecule has 0 saturated carbocycles. The molecule has 5 nitrogen and oxygen atoms in total. The lowest BCUT2D eigenvalue weighted by Crippen LogP contribution is -2.41. The third-order valence-electron chi connectivity index (χ3n) is 4.21. The Kier molecular flexibility index (Phi) is 5.25. The molecule has 2 heterocycles. The van der Waals surface area contributed by atoms with E-state index in [9.17, 15) is 9.59 Å². The van der Waals surface area contributed by atoms with Crippen LogP contribution in [0.2, 0.25) is 0 Å². The molecule has 1 aromatic heterocycles. The molecule has 1 aliphatic heterocycles. The topological polar surface area (TPSA) is 59.5 Å². The van der Waals surface area contributed by atoms with E-state index in [1.165, 1.54) is 11.3 Å². The Morgan fingerprint density at radius 2 is 2.12 bits per heavy atom. The average Bonchev–Trinajstić information content (AvgIpc) is 3.06. The zero-order valence-electron chi connectivity index (χ0n) is 13.6. The average molecular weight is 344 g/mol. The smallest absolute Gasteiger partial charge is 0.350 e. The maximum atomic E-state index is 12.5. The number of hydrogen-bond acceptors (Lipinski definition) is 5. The number of carbonyl (C=O) groups is 2. The molecular formula is C18H20N2O3S. The van der Waals surface area contributed by atoms with Crippen molar-refractivity contribution >= 4 is 23.2 Å². The fraction of sp³-hybridized carbons (Fsp3) is 0.389. The minimum Gasteiger partial charge on any atom is -0.461 e. The second-order valence-electron chi connectivity index (χ2n) is 5.99. The van der Waals surface area contributed by atoms with Gasteiger partial charge in [-0.1, -0.05) is 18.2 Å². The molecule has 1 unspecified atom stereocenters. The Morgan fingerprint density at radius 3 is 2.83 bits per heavy atom. The maximum Gasteiger partial charge on any atom is 0.350 e. The van der Waals surface area contributed by atoms with Crippen LogP contribution in [0, 0.1) is 12.8 Å². The van der Waals surface area contributed by atoms with Gasteiger partial charge in [-0.3, -0.25) is 4.79 Å². The zero-order valence-corrected chi connectivity index (χ0v) is 14.4. The number of thiazole rings is 1. The molecule has 24 heavy (non-hydrogen) atoms. The van der Waals surface area contributed by atoms with Crippen molar-refractivity contribution in [2.75, 3.05) is 19.7 Å². The highest BCUT2D eigenvalue weighted by molar-refractivity contribution is 7.11. The van der Waals surface area contributed by atoms with Crippen molar-refractivity contribution < 1.29 is 14.3 Å². The molecule has 126 valence electrons. The van der Waals surface area contributed by atoms with E-state index in [1.54, 1.807) is 12.4 Å². The van der Waals surface area contributed by atoms with E-state index in [-0.39, 0.29) is 17.8 Å². The first kappa shape index (κ1) is 16.6. The Bertz CT molecular complexity index is 714. The van der Waals surface area contributed by atoms with Crippen LogP contribution in [-0.4, -0.2) is 41.5 Å². The number of hydrogen-bond donors (Lipinski definition) is 0. The second-order valence-corrected chi connectivity index (χ2v) is 6.85. The second kappa shape index (κ2) is 7.57. The lowest BCUT2D eigenvalue weighted by molar-refractivity contribution is 0.0346. The third kappa shape index (κ3) is 3.82. The molecule has 1 atom stereocenters. The van der Waals surface area contributed by atoms with Crippen LogP contribution in [0.5, 0.6) is 0 Å². The predicted molar refractivity (Wildman–Crippen MR) is 92.2 cm³/mol. The third-order valence-corrected chi connectivity index (χ3v) is 5.12. The highest BCUT2D eigenvalue weighted by Gasteiger charge is 2.26. The fourth-order valence-electron chi connectivity index (χ4n) is 2.91. The van der Waals surface area contributed by atoms with Gasteiger partial charge in [-0.15, -0.1) is 11.3 Å². The van der Waals surface area contributed by atoms with Crippen LogP contribution < -0.4 is 0 Å². The molecule has 1 fully saturated rings. The van der Waals surface area contributed by atoms with Gasteiger partial charge in [-0.2, -0.15) is 0 Å². The Hall–Kier alpha value is -2.21. The Morgan fingerprint density at radius 1 is 1.33 bits per heavy atom. The first-order valence-corrected chi connectivity index (χ1v) is 8.94. The molecule has 0 bridgehead atoms. The summed E-state index contributed by atoms with van der Waals surface area (Å²) in [5.74, 6) is -0.0879.